The van der Waals surface area contributed by atoms with E-state index in [4.69, 9.17) is 22.1 Å². The van der Waals surface area contributed by atoms with Gasteiger partial charge in [0.05, 0.1) is 6.04 Å². The number of hydrogen-bond donors (Lipinski definition) is 1. The van der Waals surface area contributed by atoms with E-state index in [1.165, 1.54) is 6.07 Å². The minimum atomic E-state index is -0.920. The number of hydrogen-bond acceptors (Lipinski definition) is 2. The van der Waals surface area contributed by atoms with Crippen LogP contribution in [-0.4, -0.2) is 6.61 Å². The first kappa shape index (κ1) is 14.8. The fourth-order valence-corrected chi connectivity index (χ4v) is 1.91. The fraction of sp³-hybridized carbons (Fsp3) is 0.200. The summed E-state index contributed by atoms with van der Waals surface area (Å²) in [6.45, 7) is 2.03. The van der Waals surface area contributed by atoms with Crippen LogP contribution in [0.1, 0.15) is 17.2 Å². The summed E-state index contributed by atoms with van der Waals surface area (Å²) in [6, 6.07) is 8.30. The van der Waals surface area contributed by atoms with Crippen molar-refractivity contribution < 1.29 is 13.5 Å². The normalized spacial score (nSPS) is 12.2. The highest BCUT2D eigenvalue weighted by Crippen LogP contribution is 2.24. The first-order chi connectivity index (χ1) is 9.47. The number of nitrogens with two attached hydrogens (primary N) is 1. The second-order valence-electron chi connectivity index (χ2n) is 4.50. The lowest BCUT2D eigenvalue weighted by Crippen LogP contribution is -2.19. The van der Waals surface area contributed by atoms with Gasteiger partial charge < -0.3 is 10.5 Å². The van der Waals surface area contributed by atoms with Crippen LogP contribution in [0.5, 0.6) is 5.75 Å². The lowest BCUT2D eigenvalue weighted by Gasteiger charge is -2.15. The molecule has 0 heterocycles. The van der Waals surface area contributed by atoms with Crippen LogP contribution in [0.2, 0.25) is 5.02 Å². The Labute approximate surface area is 121 Å². The van der Waals surface area contributed by atoms with Crippen molar-refractivity contribution in [3.8, 4) is 5.75 Å². The van der Waals surface area contributed by atoms with Gasteiger partial charge in [-0.05, 0) is 42.3 Å². The van der Waals surface area contributed by atoms with E-state index in [1.54, 1.807) is 12.1 Å². The quantitative estimate of drug-likeness (QED) is 0.925. The smallest absolute Gasteiger partial charge is 0.159 e. The molecule has 0 saturated heterocycles. The molecular formula is C15H14ClF2NO. The predicted molar refractivity (Wildman–Crippen MR) is 75.0 cm³/mol. The molecule has 0 bridgehead atoms. The molecule has 0 aliphatic carbocycles. The molecule has 106 valence electrons. The molecule has 0 fully saturated rings. The SMILES string of the molecule is Cc1ccc(Cl)cc1OCC(N)c1ccc(F)c(F)c1. The van der Waals surface area contributed by atoms with Gasteiger partial charge in [-0.25, -0.2) is 8.78 Å². The first-order valence-corrected chi connectivity index (χ1v) is 6.44. The van der Waals surface area contributed by atoms with Crippen molar-refractivity contribution in [3.05, 3.63) is 64.2 Å². The van der Waals surface area contributed by atoms with Crippen molar-refractivity contribution in [1.29, 1.82) is 0 Å². The second-order valence-corrected chi connectivity index (χ2v) is 4.94. The van der Waals surface area contributed by atoms with Crippen LogP contribution in [0.3, 0.4) is 0 Å². The van der Waals surface area contributed by atoms with Crippen molar-refractivity contribution in [1.82, 2.24) is 0 Å². The molecule has 2 aromatic rings. The van der Waals surface area contributed by atoms with Crippen molar-refractivity contribution in [2.75, 3.05) is 6.61 Å². The van der Waals surface area contributed by atoms with Gasteiger partial charge in [-0.1, -0.05) is 23.7 Å². The van der Waals surface area contributed by atoms with Crippen LogP contribution in [0.15, 0.2) is 36.4 Å². The van der Waals surface area contributed by atoms with Crippen LogP contribution in [-0.2, 0) is 0 Å². The summed E-state index contributed by atoms with van der Waals surface area (Å²) >= 11 is 5.88. The molecule has 0 radical (unpaired) electrons. The first-order valence-electron chi connectivity index (χ1n) is 6.07. The zero-order chi connectivity index (χ0) is 14.7. The van der Waals surface area contributed by atoms with Gasteiger partial charge in [0, 0.05) is 5.02 Å². The molecule has 5 heteroatoms. The van der Waals surface area contributed by atoms with E-state index in [1.807, 2.05) is 13.0 Å². The highest BCUT2D eigenvalue weighted by Gasteiger charge is 2.11. The summed E-state index contributed by atoms with van der Waals surface area (Å²) in [5.41, 5.74) is 7.30. The van der Waals surface area contributed by atoms with Gasteiger partial charge in [0.1, 0.15) is 12.4 Å². The van der Waals surface area contributed by atoms with Crippen LogP contribution in [0.4, 0.5) is 8.78 Å². The topological polar surface area (TPSA) is 35.2 Å². The Bertz CT molecular complexity index is 619. The van der Waals surface area contributed by atoms with Gasteiger partial charge in [-0.3, -0.25) is 0 Å². The van der Waals surface area contributed by atoms with Crippen LogP contribution in [0.25, 0.3) is 0 Å². The second kappa shape index (κ2) is 6.20. The van der Waals surface area contributed by atoms with Gasteiger partial charge in [-0.15, -0.1) is 0 Å². The standard InChI is InChI=1S/C15H14ClF2NO/c1-9-2-4-11(16)7-15(9)20-8-14(19)10-3-5-12(17)13(18)6-10/h2-7,14H,8,19H2,1H3. The third-order valence-corrected chi connectivity index (χ3v) is 3.18. The van der Waals surface area contributed by atoms with E-state index in [9.17, 15) is 8.78 Å². The summed E-state index contributed by atoms with van der Waals surface area (Å²) in [5, 5.41) is 0.562. The number of halogens is 3. The van der Waals surface area contributed by atoms with E-state index in [-0.39, 0.29) is 6.61 Å². The Kier molecular flexibility index (Phi) is 4.57. The Hall–Kier alpha value is -1.65. The molecule has 0 aliphatic rings. The van der Waals surface area contributed by atoms with Crippen LogP contribution in [0, 0.1) is 18.6 Å². The van der Waals surface area contributed by atoms with Crippen molar-refractivity contribution in [2.24, 2.45) is 5.73 Å². The van der Waals surface area contributed by atoms with Crippen molar-refractivity contribution in [3.63, 3.8) is 0 Å². The monoisotopic (exact) mass is 297 g/mol. The molecule has 0 amide bonds. The summed E-state index contributed by atoms with van der Waals surface area (Å²) in [7, 11) is 0. The molecule has 0 aromatic heterocycles. The average Bonchev–Trinajstić information content (AvgIpc) is 2.42. The summed E-state index contributed by atoms with van der Waals surface area (Å²) < 4.78 is 31.6. The number of benzene rings is 2. The van der Waals surface area contributed by atoms with Crippen LogP contribution < -0.4 is 10.5 Å². The zero-order valence-electron chi connectivity index (χ0n) is 10.9. The Balaban J connectivity index is 2.06. The summed E-state index contributed by atoms with van der Waals surface area (Å²) in [5.74, 6) is -1.19. The van der Waals surface area contributed by atoms with E-state index < -0.39 is 17.7 Å². The number of ether oxygens (including phenoxy) is 1. The predicted octanol–water partition coefficient (Wildman–Crippen LogP) is 4.01. The minimum absolute atomic E-state index is 0.145. The molecule has 2 nitrogen and oxygen atoms in total. The number of rotatable bonds is 4. The molecule has 20 heavy (non-hydrogen) atoms. The lowest BCUT2D eigenvalue weighted by molar-refractivity contribution is 0.288. The van der Waals surface area contributed by atoms with E-state index in [0.717, 1.165) is 17.7 Å². The van der Waals surface area contributed by atoms with Gasteiger partial charge in [0.25, 0.3) is 0 Å². The van der Waals surface area contributed by atoms with Crippen LogP contribution >= 0.6 is 11.6 Å². The van der Waals surface area contributed by atoms with Gasteiger partial charge in [0.2, 0.25) is 0 Å². The molecule has 1 atom stereocenters. The maximum absolute atomic E-state index is 13.1. The maximum Gasteiger partial charge on any atom is 0.159 e. The molecule has 0 spiro atoms. The molecule has 0 saturated carbocycles. The van der Waals surface area contributed by atoms with Crippen molar-refractivity contribution in [2.45, 2.75) is 13.0 Å². The maximum atomic E-state index is 13.1. The molecule has 2 aromatic carbocycles. The summed E-state index contributed by atoms with van der Waals surface area (Å²) in [6.07, 6.45) is 0. The van der Waals surface area contributed by atoms with E-state index >= 15 is 0 Å². The minimum Gasteiger partial charge on any atom is -0.491 e. The molecule has 0 aliphatic heterocycles. The van der Waals surface area contributed by atoms with Gasteiger partial charge >= 0.3 is 0 Å². The lowest BCUT2D eigenvalue weighted by atomic mass is 10.1. The zero-order valence-corrected chi connectivity index (χ0v) is 11.6. The third kappa shape index (κ3) is 3.46. The van der Waals surface area contributed by atoms with E-state index in [2.05, 4.69) is 0 Å². The molecule has 1 unspecified atom stereocenters. The Morgan fingerprint density at radius 1 is 1.15 bits per heavy atom. The van der Waals surface area contributed by atoms with Gasteiger partial charge in [-0.2, -0.15) is 0 Å². The van der Waals surface area contributed by atoms with Crippen molar-refractivity contribution >= 4 is 11.6 Å². The highest BCUT2D eigenvalue weighted by atomic mass is 35.5. The molecule has 2 N–H and O–H groups in total. The molecular weight excluding hydrogens is 284 g/mol. The molecule has 2 rings (SSSR count). The summed E-state index contributed by atoms with van der Waals surface area (Å²) in [4.78, 5) is 0. The fourth-order valence-electron chi connectivity index (χ4n) is 1.75. The number of aryl methyl sites for hydroxylation is 1. The van der Waals surface area contributed by atoms with Gasteiger partial charge in [0.15, 0.2) is 11.6 Å². The van der Waals surface area contributed by atoms with E-state index in [0.29, 0.717) is 16.3 Å². The average molecular weight is 298 g/mol. The third-order valence-electron chi connectivity index (χ3n) is 2.94. The highest BCUT2D eigenvalue weighted by molar-refractivity contribution is 6.30. The Morgan fingerprint density at radius 2 is 1.90 bits per heavy atom. The largest absolute Gasteiger partial charge is 0.491 e. The Morgan fingerprint density at radius 3 is 2.60 bits per heavy atom.